The fourth-order valence-electron chi connectivity index (χ4n) is 4.05. The van der Waals surface area contributed by atoms with Crippen LogP contribution in [0, 0.1) is 6.92 Å². The molecule has 3 aromatic rings. The fraction of sp³-hybridized carbons (Fsp3) is 0.231. The van der Waals surface area contributed by atoms with Crippen molar-refractivity contribution in [1.82, 2.24) is 4.90 Å². The average molecular weight is 399 g/mol. The summed E-state index contributed by atoms with van der Waals surface area (Å²) in [6, 6.07) is 23.3. The van der Waals surface area contributed by atoms with Crippen LogP contribution in [0.25, 0.3) is 0 Å². The number of nitrogens with zero attached hydrogens (tertiary/aromatic N) is 1. The Labute approximate surface area is 177 Å². The van der Waals surface area contributed by atoms with Crippen LogP contribution in [0.1, 0.15) is 52.0 Å². The Bertz CT molecular complexity index is 1070. The molecular formula is C26H26N2O2. The van der Waals surface area contributed by atoms with E-state index in [1.807, 2.05) is 84.6 Å². The molecule has 3 aromatic carbocycles. The van der Waals surface area contributed by atoms with Gasteiger partial charge in [-0.15, -0.1) is 0 Å². The molecule has 1 aliphatic rings. The molecule has 1 atom stereocenters. The predicted octanol–water partition coefficient (Wildman–Crippen LogP) is 5.28. The van der Waals surface area contributed by atoms with Crippen molar-refractivity contribution in [2.45, 2.75) is 39.3 Å². The zero-order chi connectivity index (χ0) is 21.1. The number of para-hydroxylation sites is 1. The van der Waals surface area contributed by atoms with Gasteiger partial charge in [-0.25, -0.2) is 0 Å². The number of carbonyl (C=O) groups excluding carboxylic acids is 2. The second-order valence-electron chi connectivity index (χ2n) is 7.78. The van der Waals surface area contributed by atoms with Crippen LogP contribution in [0.15, 0.2) is 72.8 Å². The molecular weight excluding hydrogens is 372 g/mol. The number of nitrogens with one attached hydrogen (secondary N) is 1. The topological polar surface area (TPSA) is 49.4 Å². The third-order valence-electron chi connectivity index (χ3n) is 5.74. The van der Waals surface area contributed by atoms with Gasteiger partial charge >= 0.3 is 0 Å². The van der Waals surface area contributed by atoms with Crippen LogP contribution < -0.4 is 5.32 Å². The SMILES string of the molecule is CCc1ccccc1NC(=O)CC(c1ccc(C)cc1)N1Cc2ccccc2C1=O. The minimum Gasteiger partial charge on any atom is -0.327 e. The first-order valence-electron chi connectivity index (χ1n) is 10.4. The second kappa shape index (κ2) is 8.54. The highest BCUT2D eigenvalue weighted by Crippen LogP contribution is 2.34. The Kier molecular flexibility index (Phi) is 5.66. The third-order valence-corrected chi connectivity index (χ3v) is 5.74. The summed E-state index contributed by atoms with van der Waals surface area (Å²) in [5.74, 6) is -0.108. The maximum atomic E-state index is 13.1. The van der Waals surface area contributed by atoms with E-state index < -0.39 is 0 Å². The van der Waals surface area contributed by atoms with E-state index in [0.29, 0.717) is 6.54 Å². The van der Waals surface area contributed by atoms with Crippen LogP contribution in [-0.2, 0) is 17.8 Å². The number of benzene rings is 3. The van der Waals surface area contributed by atoms with Gasteiger partial charge in [0, 0.05) is 17.8 Å². The number of rotatable bonds is 6. The highest BCUT2D eigenvalue weighted by Gasteiger charge is 2.34. The summed E-state index contributed by atoms with van der Waals surface area (Å²) in [6.07, 6.45) is 1.05. The van der Waals surface area contributed by atoms with Gasteiger partial charge in [0.15, 0.2) is 0 Å². The average Bonchev–Trinajstić information content (AvgIpc) is 3.10. The van der Waals surface area contributed by atoms with Crippen LogP contribution in [0.4, 0.5) is 5.69 Å². The molecule has 0 saturated carbocycles. The van der Waals surface area contributed by atoms with Crippen LogP contribution in [-0.4, -0.2) is 16.7 Å². The number of aryl methyl sites for hydroxylation is 2. The van der Waals surface area contributed by atoms with E-state index >= 15 is 0 Å². The maximum Gasteiger partial charge on any atom is 0.255 e. The van der Waals surface area contributed by atoms with E-state index in [4.69, 9.17) is 0 Å². The summed E-state index contributed by atoms with van der Waals surface area (Å²) in [7, 11) is 0. The van der Waals surface area contributed by atoms with Crippen LogP contribution in [0.2, 0.25) is 0 Å². The van der Waals surface area contributed by atoms with Gasteiger partial charge in [-0.1, -0.05) is 73.2 Å². The normalized spacial score (nSPS) is 13.8. The molecule has 0 fully saturated rings. The molecule has 1 aliphatic heterocycles. The van der Waals surface area contributed by atoms with E-state index in [1.165, 1.54) is 0 Å². The number of hydrogen-bond acceptors (Lipinski definition) is 2. The molecule has 4 heteroatoms. The molecule has 0 aromatic heterocycles. The Morgan fingerprint density at radius 3 is 2.43 bits per heavy atom. The highest BCUT2D eigenvalue weighted by atomic mass is 16.2. The number of hydrogen-bond donors (Lipinski definition) is 1. The van der Waals surface area contributed by atoms with Crippen LogP contribution in [0.5, 0.6) is 0 Å². The van der Waals surface area contributed by atoms with Crippen molar-refractivity contribution in [3.63, 3.8) is 0 Å². The lowest BCUT2D eigenvalue weighted by Crippen LogP contribution is -2.32. The lowest BCUT2D eigenvalue weighted by Gasteiger charge is -2.28. The Morgan fingerprint density at radius 2 is 1.70 bits per heavy atom. The summed E-state index contributed by atoms with van der Waals surface area (Å²) in [4.78, 5) is 28.0. The maximum absolute atomic E-state index is 13.1. The molecule has 1 unspecified atom stereocenters. The molecule has 152 valence electrons. The van der Waals surface area contributed by atoms with Crippen molar-refractivity contribution in [2.75, 3.05) is 5.32 Å². The number of carbonyl (C=O) groups is 2. The summed E-state index contributed by atoms with van der Waals surface area (Å²) >= 11 is 0. The molecule has 0 bridgehead atoms. The molecule has 4 nitrogen and oxygen atoms in total. The van der Waals surface area contributed by atoms with Crippen molar-refractivity contribution in [3.8, 4) is 0 Å². The van der Waals surface area contributed by atoms with Crippen molar-refractivity contribution < 1.29 is 9.59 Å². The lowest BCUT2D eigenvalue weighted by molar-refractivity contribution is -0.117. The van der Waals surface area contributed by atoms with Gasteiger partial charge in [-0.05, 0) is 42.2 Å². The standard InChI is InChI=1S/C26H26N2O2/c1-3-19-8-5-7-11-23(19)27-25(29)16-24(20-14-12-18(2)13-15-20)28-17-21-9-4-6-10-22(21)26(28)30/h4-15,24H,3,16-17H2,1-2H3,(H,27,29). The van der Waals surface area contributed by atoms with E-state index in [-0.39, 0.29) is 24.3 Å². The molecule has 1 heterocycles. The molecule has 0 spiro atoms. The Morgan fingerprint density at radius 1 is 1.00 bits per heavy atom. The van der Waals surface area contributed by atoms with Crippen molar-refractivity contribution in [2.24, 2.45) is 0 Å². The minimum atomic E-state index is -0.320. The molecule has 4 rings (SSSR count). The molecule has 1 N–H and O–H groups in total. The van der Waals surface area contributed by atoms with E-state index in [1.54, 1.807) is 0 Å². The molecule has 0 radical (unpaired) electrons. The van der Waals surface area contributed by atoms with Crippen molar-refractivity contribution >= 4 is 17.5 Å². The summed E-state index contributed by atoms with van der Waals surface area (Å²) in [6.45, 7) is 4.62. The fourth-order valence-corrected chi connectivity index (χ4v) is 4.05. The lowest BCUT2D eigenvalue weighted by atomic mass is 10.00. The van der Waals surface area contributed by atoms with Crippen LogP contribution in [0.3, 0.4) is 0 Å². The first-order chi connectivity index (χ1) is 14.6. The van der Waals surface area contributed by atoms with Crippen molar-refractivity contribution in [1.29, 1.82) is 0 Å². The summed E-state index contributed by atoms with van der Waals surface area (Å²) in [5, 5.41) is 3.06. The third kappa shape index (κ3) is 3.99. The number of anilines is 1. The van der Waals surface area contributed by atoms with Gasteiger partial charge in [-0.3, -0.25) is 9.59 Å². The smallest absolute Gasteiger partial charge is 0.255 e. The zero-order valence-corrected chi connectivity index (χ0v) is 17.4. The second-order valence-corrected chi connectivity index (χ2v) is 7.78. The zero-order valence-electron chi connectivity index (χ0n) is 17.4. The van der Waals surface area contributed by atoms with Gasteiger partial charge in [0.1, 0.15) is 0 Å². The van der Waals surface area contributed by atoms with E-state index in [9.17, 15) is 9.59 Å². The molecule has 2 amide bonds. The summed E-state index contributed by atoms with van der Waals surface area (Å²) < 4.78 is 0. The predicted molar refractivity (Wildman–Crippen MR) is 119 cm³/mol. The van der Waals surface area contributed by atoms with E-state index in [0.717, 1.165) is 39.9 Å². The van der Waals surface area contributed by atoms with Crippen molar-refractivity contribution in [3.05, 3.63) is 101 Å². The molecule has 0 saturated heterocycles. The van der Waals surface area contributed by atoms with Gasteiger partial charge < -0.3 is 10.2 Å². The van der Waals surface area contributed by atoms with Gasteiger partial charge in [-0.2, -0.15) is 0 Å². The first-order valence-corrected chi connectivity index (χ1v) is 10.4. The largest absolute Gasteiger partial charge is 0.327 e. The van der Waals surface area contributed by atoms with Gasteiger partial charge in [0.2, 0.25) is 5.91 Å². The summed E-state index contributed by atoms with van der Waals surface area (Å²) in [5.41, 5.74) is 5.80. The van der Waals surface area contributed by atoms with Gasteiger partial charge in [0.05, 0.1) is 12.5 Å². The Balaban J connectivity index is 1.61. The number of amides is 2. The highest BCUT2D eigenvalue weighted by molar-refractivity contribution is 5.99. The van der Waals surface area contributed by atoms with Crippen LogP contribution >= 0.6 is 0 Å². The number of fused-ring (bicyclic) bond motifs is 1. The Hall–Kier alpha value is -3.40. The molecule has 30 heavy (non-hydrogen) atoms. The molecule has 0 aliphatic carbocycles. The quantitative estimate of drug-likeness (QED) is 0.614. The monoisotopic (exact) mass is 398 g/mol. The van der Waals surface area contributed by atoms with Gasteiger partial charge in [0.25, 0.3) is 5.91 Å². The first kappa shape index (κ1) is 19.9. The van der Waals surface area contributed by atoms with E-state index in [2.05, 4.69) is 12.2 Å². The minimum absolute atomic E-state index is 0.0158.